The first-order chi connectivity index (χ1) is 33.9. The summed E-state index contributed by atoms with van der Waals surface area (Å²) in [5, 5.41) is 12.4. The first kappa shape index (κ1) is 36.6. The predicted molar refractivity (Wildman–Crippen MR) is 271 cm³/mol. The van der Waals surface area contributed by atoms with E-state index in [0.717, 1.165) is 50.2 Å². The van der Waals surface area contributed by atoms with Crippen LogP contribution >= 0.6 is 0 Å². The molecule has 0 fully saturated rings. The van der Waals surface area contributed by atoms with Crippen LogP contribution in [0.25, 0.3) is 72.7 Å². The normalized spacial score (nSPS) is 14.9. The van der Waals surface area contributed by atoms with Crippen LogP contribution in [0.2, 0.25) is 0 Å². The minimum absolute atomic E-state index is 0. The number of fused-ring (bicyclic) bond motifs is 1. The predicted octanol–water partition coefficient (Wildman–Crippen LogP) is 16.4. The molecule has 0 atom stereocenters. The van der Waals surface area contributed by atoms with Crippen LogP contribution in [0.5, 0.6) is 5.75 Å². The summed E-state index contributed by atoms with van der Waals surface area (Å²) in [6.45, 7) is 10.8. The van der Waals surface area contributed by atoms with Gasteiger partial charge in [0, 0.05) is 50.9 Å². The third-order valence-corrected chi connectivity index (χ3v) is 12.3. The van der Waals surface area contributed by atoms with E-state index in [1.54, 1.807) is 30.3 Å². The smallest absolute Gasteiger partial charge is 0.148 e. The van der Waals surface area contributed by atoms with Crippen LogP contribution in [0.1, 0.15) is 142 Å². The summed E-state index contributed by atoms with van der Waals surface area (Å²) in [5.74, 6) is 0.410. The molecule has 8 aromatic rings. The molecule has 6 aromatic carbocycles. The molecule has 65 heavy (non-hydrogen) atoms. The summed E-state index contributed by atoms with van der Waals surface area (Å²) in [5.41, 5.74) is 8.20. The Kier molecular flexibility index (Phi) is 10.1. The monoisotopic (exact) mass is 1050 g/mol. The number of para-hydroxylation sites is 1. The van der Waals surface area contributed by atoms with Crippen molar-refractivity contribution in [3.63, 3.8) is 0 Å². The van der Waals surface area contributed by atoms with Gasteiger partial charge in [0.1, 0.15) is 11.6 Å². The van der Waals surface area contributed by atoms with Crippen molar-refractivity contribution in [2.45, 2.75) is 118 Å². The van der Waals surface area contributed by atoms with Crippen molar-refractivity contribution < 1.29 is 38.5 Å². The van der Waals surface area contributed by atoms with Gasteiger partial charge in [0.15, 0.2) is 0 Å². The fourth-order valence-corrected chi connectivity index (χ4v) is 8.38. The number of pyridine rings is 1. The van der Waals surface area contributed by atoms with E-state index in [4.69, 9.17) is 22.3 Å². The molecule has 8 rings (SSSR count). The molecule has 0 bridgehead atoms. The van der Waals surface area contributed by atoms with Crippen molar-refractivity contribution in [3.8, 4) is 67.5 Å². The second-order valence-corrected chi connectivity index (χ2v) is 19.8. The number of nitrogens with zero attached hydrogens (tertiary/aromatic N) is 3. The van der Waals surface area contributed by atoms with Crippen molar-refractivity contribution in [2.24, 2.45) is 0 Å². The Morgan fingerprint density at radius 3 is 1.91 bits per heavy atom. The number of aromatic hydroxyl groups is 1. The SMILES string of the molecule is [2H]C([2H])([2H])C(c1ccc(-n2c(-c3cc(C(C)C)cc(C(C)C)c3O)nc3c(-c4[c-]c(-c5cc(-c6ccc(C(C)(C)C)cc6)ccn5)cc(C(C)(C)C)c4)cccc32)c(-c2ccccc2)c1)(C([2H])([2H])[2H])C([2H])([2H])[2H].[Pt]. The second-order valence-electron chi connectivity index (χ2n) is 19.8. The van der Waals surface area contributed by atoms with Gasteiger partial charge < -0.3 is 5.11 Å². The van der Waals surface area contributed by atoms with Gasteiger partial charge in [0.25, 0.3) is 0 Å². The van der Waals surface area contributed by atoms with E-state index >= 15 is 0 Å². The largest absolute Gasteiger partial charge is 0.507 e. The minimum Gasteiger partial charge on any atom is -0.507 e. The molecule has 1 N–H and O–H groups in total. The summed E-state index contributed by atoms with van der Waals surface area (Å²) in [4.78, 5) is 10.4. The first-order valence-electron chi connectivity index (χ1n) is 26.7. The van der Waals surface area contributed by atoms with Crippen molar-refractivity contribution in [3.05, 3.63) is 167 Å². The number of phenols is 1. The summed E-state index contributed by atoms with van der Waals surface area (Å²) < 4.78 is 79.4. The molecule has 2 aromatic heterocycles. The van der Waals surface area contributed by atoms with Crippen LogP contribution in [-0.4, -0.2) is 19.6 Å². The van der Waals surface area contributed by atoms with Crippen molar-refractivity contribution in [1.82, 2.24) is 14.5 Å². The molecule has 0 unspecified atom stereocenters. The van der Waals surface area contributed by atoms with Crippen LogP contribution in [0.15, 0.2) is 134 Å². The summed E-state index contributed by atoms with van der Waals surface area (Å²) >= 11 is 0. The van der Waals surface area contributed by atoms with E-state index in [0.29, 0.717) is 39.2 Å². The maximum Gasteiger partial charge on any atom is 0.148 e. The third-order valence-electron chi connectivity index (χ3n) is 12.3. The number of benzene rings is 6. The van der Waals surface area contributed by atoms with Crippen LogP contribution in [0.3, 0.4) is 0 Å². The molecule has 0 saturated heterocycles. The molecular weight excluding hydrogens is 974 g/mol. The molecule has 0 saturated carbocycles. The van der Waals surface area contributed by atoms with E-state index in [1.165, 1.54) is 17.7 Å². The molecular formula is C60H64N3OPt-. The first-order valence-corrected chi connectivity index (χ1v) is 22.2. The molecule has 0 aliphatic carbocycles. The quantitative estimate of drug-likeness (QED) is 0.154. The molecule has 2 heterocycles. The number of hydrogen-bond acceptors (Lipinski definition) is 3. The summed E-state index contributed by atoms with van der Waals surface area (Å²) in [6, 6.07) is 43.9. The average molecular weight is 1050 g/mol. The van der Waals surface area contributed by atoms with E-state index < -0.39 is 26.0 Å². The maximum absolute atomic E-state index is 12.4. The number of imidazole rings is 1. The average Bonchev–Trinajstić information content (AvgIpc) is 3.69. The van der Waals surface area contributed by atoms with Crippen molar-refractivity contribution in [2.75, 3.05) is 0 Å². The Balaban J connectivity index is 0.00000800. The fourth-order valence-electron chi connectivity index (χ4n) is 8.38. The van der Waals surface area contributed by atoms with E-state index in [-0.39, 0.29) is 55.0 Å². The van der Waals surface area contributed by atoms with Crippen LogP contribution in [-0.2, 0) is 37.3 Å². The number of phenolic OH excluding ortho intramolecular Hbond substituents is 1. The van der Waals surface area contributed by atoms with Gasteiger partial charge in [-0.05, 0) is 97.4 Å². The summed E-state index contributed by atoms with van der Waals surface area (Å²) in [6.07, 6.45) is 1.82. The zero-order chi connectivity index (χ0) is 53.4. The number of hydrogen-bond donors (Lipinski definition) is 1. The number of aromatic nitrogens is 3. The zero-order valence-electron chi connectivity index (χ0n) is 48.0. The van der Waals surface area contributed by atoms with Gasteiger partial charge in [0.2, 0.25) is 0 Å². The molecule has 0 radical (unpaired) electrons. The Morgan fingerprint density at radius 2 is 1.26 bits per heavy atom. The van der Waals surface area contributed by atoms with Crippen LogP contribution in [0.4, 0.5) is 0 Å². The second kappa shape index (κ2) is 18.0. The topological polar surface area (TPSA) is 50.9 Å². The Bertz CT molecular complexity index is 3300. The summed E-state index contributed by atoms with van der Waals surface area (Å²) in [7, 11) is 0. The van der Waals surface area contributed by atoms with Gasteiger partial charge in [-0.25, -0.2) is 4.98 Å². The molecule has 5 heteroatoms. The maximum atomic E-state index is 12.4. The molecule has 0 aliphatic heterocycles. The molecule has 4 nitrogen and oxygen atoms in total. The van der Waals surface area contributed by atoms with E-state index in [9.17, 15) is 5.11 Å². The van der Waals surface area contributed by atoms with Crippen LogP contribution < -0.4 is 0 Å². The molecule has 336 valence electrons. The standard InChI is InChI=1S/C60H64N3O.Pt/c1-37(2)42-33-49(38(3)4)56(64)51(34-42)57-62-55-48(20-17-21-54(55)63(57)53-27-26-46(59(8,9)10)36-50(53)40-18-15-14-16-19-40)43-30-44(32-47(31-43)60(11,12)13)52-35-41(28-29-61-52)39-22-24-45(25-23-39)58(5,6)7;/h14-29,31-38,64H,1-13H3;/q-1;/i8D3,9D3,10D3;. The van der Waals surface area contributed by atoms with Gasteiger partial charge in [-0.15, -0.1) is 29.3 Å². The Hall–Kier alpha value is -5.57. The molecule has 0 spiro atoms. The van der Waals surface area contributed by atoms with E-state index in [1.807, 2.05) is 67.1 Å². The molecule has 0 aliphatic rings. The molecule has 0 amide bonds. The Labute approximate surface area is 415 Å². The van der Waals surface area contributed by atoms with E-state index in [2.05, 4.69) is 104 Å². The van der Waals surface area contributed by atoms with Gasteiger partial charge in [-0.2, -0.15) is 0 Å². The zero-order valence-corrected chi connectivity index (χ0v) is 41.2. The minimum atomic E-state index is -3.48. The third kappa shape index (κ3) is 9.57. The van der Waals surface area contributed by atoms with Gasteiger partial charge in [-0.3, -0.25) is 9.55 Å². The van der Waals surface area contributed by atoms with Gasteiger partial charge in [-0.1, -0.05) is 186 Å². The van der Waals surface area contributed by atoms with Gasteiger partial charge in [0.05, 0.1) is 22.3 Å². The Morgan fingerprint density at radius 1 is 0.585 bits per heavy atom. The van der Waals surface area contributed by atoms with Crippen molar-refractivity contribution >= 4 is 11.0 Å². The van der Waals surface area contributed by atoms with Gasteiger partial charge >= 0.3 is 0 Å². The van der Waals surface area contributed by atoms with Crippen molar-refractivity contribution in [1.29, 1.82) is 0 Å². The van der Waals surface area contributed by atoms with Crippen LogP contribution in [0, 0.1) is 6.07 Å². The number of rotatable bonds is 8. The fraction of sp³-hybridized carbons (Fsp3) is 0.300.